The van der Waals surface area contributed by atoms with E-state index in [9.17, 15) is 4.39 Å². The van der Waals surface area contributed by atoms with Crippen molar-refractivity contribution in [1.82, 2.24) is 10.3 Å². The molecule has 0 spiro atoms. The van der Waals surface area contributed by atoms with Crippen molar-refractivity contribution >= 4 is 11.8 Å². The fourth-order valence-electron chi connectivity index (χ4n) is 2.69. The number of nitrogens with one attached hydrogen (secondary N) is 1. The van der Waals surface area contributed by atoms with Crippen molar-refractivity contribution in [3.05, 3.63) is 59.7 Å². The van der Waals surface area contributed by atoms with Gasteiger partial charge in [0, 0.05) is 27.9 Å². The zero-order chi connectivity index (χ0) is 13.9. The van der Waals surface area contributed by atoms with E-state index in [2.05, 4.69) is 41.5 Å². The number of pyridine rings is 1. The number of benzene rings is 1. The molecule has 0 saturated carbocycles. The molecular formula is C16H17FN2S. The third-order valence-corrected chi connectivity index (χ3v) is 5.00. The molecule has 2 nitrogen and oxygen atoms in total. The minimum absolute atomic E-state index is 0.0143. The molecule has 0 radical (unpaired) electrons. The van der Waals surface area contributed by atoms with Crippen molar-refractivity contribution in [2.75, 3.05) is 6.54 Å². The maximum absolute atomic E-state index is 14.0. The highest BCUT2D eigenvalue weighted by atomic mass is 32.2. The van der Waals surface area contributed by atoms with Crippen molar-refractivity contribution in [2.24, 2.45) is 0 Å². The van der Waals surface area contributed by atoms with Crippen molar-refractivity contribution in [3.63, 3.8) is 0 Å². The first-order chi connectivity index (χ1) is 9.79. The number of halogens is 1. The van der Waals surface area contributed by atoms with Gasteiger partial charge in [-0.15, -0.1) is 11.8 Å². The van der Waals surface area contributed by atoms with Crippen LogP contribution in [0.4, 0.5) is 4.39 Å². The molecule has 1 aliphatic rings. The second-order valence-electron chi connectivity index (χ2n) is 4.90. The molecule has 0 fully saturated rings. The third kappa shape index (κ3) is 2.58. The molecule has 4 heteroatoms. The highest BCUT2D eigenvalue weighted by Gasteiger charge is 2.31. The van der Waals surface area contributed by atoms with Gasteiger partial charge in [-0.2, -0.15) is 0 Å². The van der Waals surface area contributed by atoms with Crippen LogP contribution in [0.15, 0.2) is 47.6 Å². The molecule has 0 bridgehead atoms. The van der Waals surface area contributed by atoms with Crippen LogP contribution in [-0.2, 0) is 6.42 Å². The predicted octanol–water partition coefficient (Wildman–Crippen LogP) is 3.59. The van der Waals surface area contributed by atoms with Crippen LogP contribution in [0.3, 0.4) is 0 Å². The summed E-state index contributed by atoms with van der Waals surface area (Å²) in [6, 6.07) is 10.2. The van der Waals surface area contributed by atoms with Crippen LogP contribution in [-0.4, -0.2) is 16.8 Å². The topological polar surface area (TPSA) is 24.9 Å². The average molecular weight is 288 g/mol. The molecular weight excluding hydrogens is 271 g/mol. The monoisotopic (exact) mass is 288 g/mol. The quantitative estimate of drug-likeness (QED) is 0.930. The van der Waals surface area contributed by atoms with Gasteiger partial charge >= 0.3 is 0 Å². The molecule has 0 saturated heterocycles. The van der Waals surface area contributed by atoms with E-state index < -0.39 is 0 Å². The molecule has 3 rings (SSSR count). The number of aromatic nitrogens is 1. The maximum Gasteiger partial charge on any atom is 0.146 e. The number of rotatable bonds is 4. The fraction of sp³-hybridized carbons (Fsp3) is 0.312. The van der Waals surface area contributed by atoms with E-state index >= 15 is 0 Å². The largest absolute Gasteiger partial charge is 0.309 e. The molecule has 0 aliphatic carbocycles. The zero-order valence-corrected chi connectivity index (χ0v) is 12.2. The van der Waals surface area contributed by atoms with Crippen molar-refractivity contribution in [2.45, 2.75) is 29.5 Å². The Labute approximate surface area is 122 Å². The van der Waals surface area contributed by atoms with E-state index in [1.165, 1.54) is 16.7 Å². The third-order valence-electron chi connectivity index (χ3n) is 3.61. The Bertz CT molecular complexity index is 578. The maximum atomic E-state index is 14.0. The van der Waals surface area contributed by atoms with Gasteiger partial charge in [-0.3, -0.25) is 4.98 Å². The Balaban J connectivity index is 1.88. The first-order valence-electron chi connectivity index (χ1n) is 6.87. The van der Waals surface area contributed by atoms with Crippen molar-refractivity contribution < 1.29 is 4.39 Å². The molecule has 2 aromatic rings. The van der Waals surface area contributed by atoms with Gasteiger partial charge in [0.05, 0.1) is 6.20 Å². The lowest BCUT2D eigenvalue weighted by molar-refractivity contribution is 0.495. The van der Waals surface area contributed by atoms with Gasteiger partial charge in [-0.25, -0.2) is 4.39 Å². The summed E-state index contributed by atoms with van der Waals surface area (Å²) < 4.78 is 14.0. The molecule has 2 unspecified atom stereocenters. The smallest absolute Gasteiger partial charge is 0.146 e. The summed E-state index contributed by atoms with van der Waals surface area (Å²) in [4.78, 5) is 5.16. The van der Waals surface area contributed by atoms with Crippen LogP contribution in [0.2, 0.25) is 0 Å². The number of hydrogen-bond donors (Lipinski definition) is 1. The molecule has 1 aromatic carbocycles. The van der Waals surface area contributed by atoms with E-state index in [0.29, 0.717) is 10.8 Å². The van der Waals surface area contributed by atoms with Gasteiger partial charge in [-0.1, -0.05) is 25.1 Å². The highest BCUT2D eigenvalue weighted by molar-refractivity contribution is 8.00. The Morgan fingerprint density at radius 3 is 3.00 bits per heavy atom. The first kappa shape index (κ1) is 13.6. The SMILES string of the molecule is CCNC(c1ccncc1F)C1Cc2ccccc2S1. The minimum atomic E-state index is -0.227. The van der Waals surface area contributed by atoms with Crippen LogP contribution in [0, 0.1) is 5.82 Å². The van der Waals surface area contributed by atoms with Crippen LogP contribution in [0.25, 0.3) is 0 Å². The van der Waals surface area contributed by atoms with E-state index in [1.807, 2.05) is 11.8 Å². The molecule has 20 heavy (non-hydrogen) atoms. The Morgan fingerprint density at radius 1 is 1.40 bits per heavy atom. The summed E-state index contributed by atoms with van der Waals surface area (Å²) >= 11 is 1.84. The highest BCUT2D eigenvalue weighted by Crippen LogP contribution is 2.42. The van der Waals surface area contributed by atoms with Gasteiger partial charge in [0.1, 0.15) is 5.82 Å². The van der Waals surface area contributed by atoms with Crippen LogP contribution < -0.4 is 5.32 Å². The fourth-order valence-corrected chi connectivity index (χ4v) is 4.12. The Kier molecular flexibility index (Phi) is 4.03. The lowest BCUT2D eigenvalue weighted by Crippen LogP contribution is -2.30. The van der Waals surface area contributed by atoms with E-state index in [-0.39, 0.29) is 11.9 Å². The number of hydrogen-bond acceptors (Lipinski definition) is 3. The van der Waals surface area contributed by atoms with Gasteiger partial charge in [-0.05, 0) is 30.7 Å². The van der Waals surface area contributed by atoms with Gasteiger partial charge in [0.15, 0.2) is 0 Å². The summed E-state index contributed by atoms with van der Waals surface area (Å²) in [5.74, 6) is -0.227. The summed E-state index contributed by atoms with van der Waals surface area (Å²) in [5, 5.41) is 3.75. The molecule has 0 amide bonds. The van der Waals surface area contributed by atoms with Crippen LogP contribution in [0.5, 0.6) is 0 Å². The lowest BCUT2D eigenvalue weighted by atomic mass is 9.99. The molecule has 1 aliphatic heterocycles. The van der Waals surface area contributed by atoms with Crippen molar-refractivity contribution in [3.8, 4) is 0 Å². The second kappa shape index (κ2) is 5.94. The van der Waals surface area contributed by atoms with Crippen LogP contribution in [0.1, 0.15) is 24.1 Å². The van der Waals surface area contributed by atoms with E-state index in [4.69, 9.17) is 0 Å². The summed E-state index contributed by atoms with van der Waals surface area (Å²) in [6.07, 6.45) is 3.93. The lowest BCUT2D eigenvalue weighted by Gasteiger charge is -2.24. The first-order valence-corrected chi connectivity index (χ1v) is 7.75. The summed E-state index contributed by atoms with van der Waals surface area (Å²) in [7, 11) is 0. The minimum Gasteiger partial charge on any atom is -0.309 e. The number of nitrogens with zero attached hydrogens (tertiary/aromatic N) is 1. The summed E-state index contributed by atoms with van der Waals surface area (Å²) in [6.45, 7) is 2.87. The second-order valence-corrected chi connectivity index (χ2v) is 6.18. The number of fused-ring (bicyclic) bond motifs is 1. The van der Waals surface area contributed by atoms with Gasteiger partial charge in [0.2, 0.25) is 0 Å². The number of thioether (sulfide) groups is 1. The molecule has 2 heterocycles. The van der Waals surface area contributed by atoms with Crippen molar-refractivity contribution in [1.29, 1.82) is 0 Å². The zero-order valence-electron chi connectivity index (χ0n) is 11.3. The average Bonchev–Trinajstić information content (AvgIpc) is 2.89. The molecule has 1 aromatic heterocycles. The Hall–Kier alpha value is -1.39. The van der Waals surface area contributed by atoms with E-state index in [0.717, 1.165) is 13.0 Å². The normalized spacial score (nSPS) is 18.8. The molecule has 1 N–H and O–H groups in total. The van der Waals surface area contributed by atoms with Crippen LogP contribution >= 0.6 is 11.8 Å². The van der Waals surface area contributed by atoms with E-state index in [1.54, 1.807) is 12.3 Å². The summed E-state index contributed by atoms with van der Waals surface area (Å²) in [5.41, 5.74) is 2.08. The molecule has 2 atom stereocenters. The predicted molar refractivity (Wildman–Crippen MR) is 80.4 cm³/mol. The standard InChI is InChI=1S/C16H17FN2S/c1-2-19-16(12-7-8-18-10-13(12)17)15-9-11-5-3-4-6-14(11)20-15/h3-8,10,15-16,19H,2,9H2,1H3. The van der Waals surface area contributed by atoms with Gasteiger partial charge < -0.3 is 5.32 Å². The van der Waals surface area contributed by atoms with Gasteiger partial charge in [0.25, 0.3) is 0 Å². The Morgan fingerprint density at radius 2 is 2.25 bits per heavy atom. The molecule has 104 valence electrons.